The Balaban J connectivity index is 1.51. The zero-order valence-corrected chi connectivity index (χ0v) is 31.4. The third-order valence-electron chi connectivity index (χ3n) is 10.3. The fourth-order valence-electron chi connectivity index (χ4n) is 6.92. The van der Waals surface area contributed by atoms with E-state index in [9.17, 15) is 91.6 Å². The molecule has 18 N–H and O–H groups in total. The van der Waals surface area contributed by atoms with Crippen LogP contribution in [0.15, 0.2) is 0 Å². The zero-order valence-electron chi connectivity index (χ0n) is 31.4. The summed E-state index contributed by atoms with van der Waals surface area (Å²) in [7, 11) is 0. The molecule has 0 aromatic heterocycles. The number of aliphatic hydroxyl groups excluding tert-OH is 17. The minimum Gasteiger partial charge on any atom is -0.394 e. The third-order valence-corrected chi connectivity index (χ3v) is 10.3. The lowest BCUT2D eigenvalue weighted by atomic mass is 9.95. The van der Waals surface area contributed by atoms with Crippen molar-refractivity contribution < 1.29 is 130 Å². The Morgan fingerprint density at radius 2 is 1.02 bits per heavy atom. The normalized spacial score (nSPS) is 45.3. The molecule has 0 radical (unpaired) electrons. The second-order valence-electron chi connectivity index (χ2n) is 14.5. The maximum atomic E-state index is 12.3. The van der Waals surface area contributed by atoms with Crippen LogP contribution in [0.4, 0.5) is 0 Å². The van der Waals surface area contributed by atoms with E-state index in [1.165, 1.54) is 0 Å². The molecule has 346 valence electrons. The lowest BCUT2D eigenvalue weighted by Gasteiger charge is -2.49. The van der Waals surface area contributed by atoms with Crippen LogP contribution in [-0.4, -0.2) is 280 Å². The molecule has 0 aliphatic carbocycles. The number of amides is 1. The highest BCUT2D eigenvalue weighted by atomic mass is 16.8. The van der Waals surface area contributed by atoms with Crippen LogP contribution in [0.3, 0.4) is 0 Å². The Labute approximate surface area is 334 Å². The highest BCUT2D eigenvalue weighted by Gasteiger charge is 2.55. The van der Waals surface area contributed by atoms with Crippen LogP contribution in [-0.2, 0) is 42.7 Å². The fraction of sp³-hybridized carbons (Fsp3) is 0.969. The van der Waals surface area contributed by atoms with Gasteiger partial charge in [-0.3, -0.25) is 4.79 Å². The first-order valence-electron chi connectivity index (χ1n) is 18.5. The number of ether oxygens (including phenoxy) is 8. The summed E-state index contributed by atoms with van der Waals surface area (Å²) in [4.78, 5) is 12.3. The van der Waals surface area contributed by atoms with Gasteiger partial charge in [-0.1, -0.05) is 0 Å². The maximum Gasteiger partial charge on any atom is 0.217 e. The van der Waals surface area contributed by atoms with E-state index in [1.54, 1.807) is 0 Å². The van der Waals surface area contributed by atoms with Gasteiger partial charge in [0.15, 0.2) is 25.2 Å². The molecular weight excluding hydrogens is 814 g/mol. The van der Waals surface area contributed by atoms with Gasteiger partial charge in [-0.2, -0.15) is 0 Å². The van der Waals surface area contributed by atoms with Gasteiger partial charge in [-0.15, -0.1) is 0 Å². The number of hydrogen-bond donors (Lipinski definition) is 18. The van der Waals surface area contributed by atoms with Crippen molar-refractivity contribution in [2.75, 3.05) is 39.6 Å². The number of carbonyl (C=O) groups is 1. The van der Waals surface area contributed by atoms with Crippen molar-refractivity contribution in [3.05, 3.63) is 0 Å². The molecule has 4 heterocycles. The number of hydrogen-bond acceptors (Lipinski definition) is 26. The summed E-state index contributed by atoms with van der Waals surface area (Å²) in [6.07, 6.45) is -43.0. The van der Waals surface area contributed by atoms with E-state index >= 15 is 0 Å². The average Bonchev–Trinajstić information content (AvgIpc) is 3.22. The summed E-state index contributed by atoms with van der Waals surface area (Å²) in [5.74, 6) is -0.782. The second kappa shape index (κ2) is 22.2. The van der Waals surface area contributed by atoms with Gasteiger partial charge < -0.3 is 130 Å². The van der Waals surface area contributed by atoms with Crippen molar-refractivity contribution in [1.29, 1.82) is 0 Å². The number of rotatable bonds is 18. The Bertz CT molecular complexity index is 1280. The molecule has 24 atom stereocenters. The Hall–Kier alpha value is -1.53. The second-order valence-corrected chi connectivity index (χ2v) is 14.5. The summed E-state index contributed by atoms with van der Waals surface area (Å²) >= 11 is 0. The molecule has 27 heteroatoms. The van der Waals surface area contributed by atoms with Gasteiger partial charge in [0, 0.05) is 6.92 Å². The van der Waals surface area contributed by atoms with E-state index < -0.39 is 193 Å². The van der Waals surface area contributed by atoms with Crippen LogP contribution >= 0.6 is 0 Å². The molecule has 0 spiro atoms. The van der Waals surface area contributed by atoms with E-state index in [2.05, 4.69) is 5.32 Å². The molecule has 0 aromatic rings. The predicted molar refractivity (Wildman–Crippen MR) is 180 cm³/mol. The number of nitrogens with one attached hydrogen (secondary N) is 1. The molecule has 0 bridgehead atoms. The van der Waals surface area contributed by atoms with Crippen molar-refractivity contribution in [1.82, 2.24) is 5.32 Å². The summed E-state index contributed by atoms with van der Waals surface area (Å²) in [5, 5.41) is 177. The SMILES string of the molecule is CC(=O)N[C@H]1[C@H](OC[C@H]2O[C@@H](O[C@@H]([C@H](O)[C@@H](O)CO)[C@H](O)CO)[C@H](O)[C@@H](O)[C@H]2O)O[C@H](CO)[C@@H](O[C@@H]2O[C@H](CO)[C@H](O)[C@H](O[C@H]3O[C@H](CO)[C@H](O)[C@H](O)[C@H]3O)[C@H]2O)[C@@H]1O. The summed E-state index contributed by atoms with van der Waals surface area (Å²) in [5.41, 5.74) is 0. The quantitative estimate of drug-likeness (QED) is 0.0608. The lowest BCUT2D eigenvalue weighted by Crippen LogP contribution is -2.68. The highest BCUT2D eigenvalue weighted by molar-refractivity contribution is 5.73. The van der Waals surface area contributed by atoms with E-state index in [1.807, 2.05) is 0 Å². The van der Waals surface area contributed by atoms with Gasteiger partial charge >= 0.3 is 0 Å². The molecule has 0 unspecified atom stereocenters. The van der Waals surface area contributed by atoms with E-state index in [0.717, 1.165) is 6.92 Å². The van der Waals surface area contributed by atoms with Gasteiger partial charge in [-0.25, -0.2) is 0 Å². The van der Waals surface area contributed by atoms with Crippen molar-refractivity contribution in [2.24, 2.45) is 0 Å². The first kappa shape index (κ1) is 50.1. The molecule has 4 aliphatic heterocycles. The van der Waals surface area contributed by atoms with Crippen LogP contribution in [0.1, 0.15) is 6.92 Å². The molecule has 27 nitrogen and oxygen atoms in total. The molecular formula is C32H57NO26. The van der Waals surface area contributed by atoms with Crippen LogP contribution in [0.5, 0.6) is 0 Å². The van der Waals surface area contributed by atoms with E-state index in [0.29, 0.717) is 0 Å². The van der Waals surface area contributed by atoms with E-state index in [4.69, 9.17) is 37.9 Å². The first-order chi connectivity index (χ1) is 27.8. The van der Waals surface area contributed by atoms with Crippen molar-refractivity contribution in [3.63, 3.8) is 0 Å². The topological polar surface area (TPSA) is 447 Å². The molecule has 1 amide bonds. The molecule has 4 rings (SSSR count). The van der Waals surface area contributed by atoms with Crippen LogP contribution in [0.2, 0.25) is 0 Å². The van der Waals surface area contributed by atoms with Crippen molar-refractivity contribution in [3.8, 4) is 0 Å². The molecule has 4 aliphatic rings. The summed E-state index contributed by atoms with van der Waals surface area (Å²) < 4.78 is 44.5. The van der Waals surface area contributed by atoms with Crippen molar-refractivity contribution >= 4 is 5.91 Å². The number of aliphatic hydroxyl groups is 17. The van der Waals surface area contributed by atoms with Gasteiger partial charge in [0.1, 0.15) is 122 Å². The van der Waals surface area contributed by atoms with Crippen molar-refractivity contribution in [2.45, 2.75) is 154 Å². The monoisotopic (exact) mass is 871 g/mol. The summed E-state index contributed by atoms with van der Waals surface area (Å²) in [6, 6.07) is -1.62. The van der Waals surface area contributed by atoms with Gasteiger partial charge in [0.2, 0.25) is 5.91 Å². The van der Waals surface area contributed by atoms with Crippen LogP contribution in [0.25, 0.3) is 0 Å². The Kier molecular flexibility index (Phi) is 18.9. The Morgan fingerprint density at radius 1 is 0.542 bits per heavy atom. The maximum absolute atomic E-state index is 12.3. The van der Waals surface area contributed by atoms with Gasteiger partial charge in [0.25, 0.3) is 0 Å². The average molecular weight is 872 g/mol. The number of carbonyl (C=O) groups excluding carboxylic acids is 1. The zero-order chi connectivity index (χ0) is 44.0. The molecule has 59 heavy (non-hydrogen) atoms. The lowest BCUT2D eigenvalue weighted by molar-refractivity contribution is -0.377. The molecule has 0 saturated carbocycles. The largest absolute Gasteiger partial charge is 0.394 e. The van der Waals surface area contributed by atoms with Crippen LogP contribution in [0, 0.1) is 0 Å². The minimum absolute atomic E-state index is 0.782. The third kappa shape index (κ3) is 11.4. The molecule has 0 aromatic carbocycles. The first-order valence-corrected chi connectivity index (χ1v) is 18.5. The molecule has 4 saturated heterocycles. The highest BCUT2D eigenvalue weighted by Crippen LogP contribution is 2.34. The van der Waals surface area contributed by atoms with E-state index in [-0.39, 0.29) is 0 Å². The fourth-order valence-corrected chi connectivity index (χ4v) is 6.92. The summed E-state index contributed by atoms with van der Waals surface area (Å²) in [6.45, 7) is -4.58. The molecule has 4 fully saturated rings. The minimum atomic E-state index is -2.08. The standard InChI is InChI=1S/C32H57NO26/c1-8(39)33-15-20(46)27(58-32-25(51)28(19(45)12(5-37)54-32)59-30-23(49)21(47)17(43)11(4-36)53-30)13(6-38)55-29(15)52-7-14-18(44)22(48)24(50)31(56-14)57-26(10(41)3-35)16(42)9(40)2-34/h9-32,34-38,40-51H,2-7H2,1H3,(H,33,39)/t9-,10+,11+,12+,13+,14+,15+,16+,17-,18-,19-,20+,21-,22-,23+,24+,25+,26+,27+,28-,29+,30+,31-,32-/m0/s1. The Morgan fingerprint density at radius 3 is 1.56 bits per heavy atom. The predicted octanol–water partition coefficient (Wildman–Crippen LogP) is -12.1. The van der Waals surface area contributed by atoms with Gasteiger partial charge in [-0.05, 0) is 0 Å². The smallest absolute Gasteiger partial charge is 0.217 e. The van der Waals surface area contributed by atoms with Crippen LogP contribution < -0.4 is 5.32 Å². The van der Waals surface area contributed by atoms with Gasteiger partial charge in [0.05, 0.1) is 39.6 Å².